The van der Waals surface area contributed by atoms with Gasteiger partial charge in [-0.15, -0.1) is 0 Å². The van der Waals surface area contributed by atoms with E-state index in [1.54, 1.807) is 16.8 Å². The largest absolute Gasteiger partial charge is 0.493 e. The molecule has 0 aliphatic rings. The normalized spacial score (nSPS) is 10.7. The van der Waals surface area contributed by atoms with Crippen LogP contribution in [0.25, 0.3) is 0 Å². The maximum absolute atomic E-state index is 11.3. The summed E-state index contributed by atoms with van der Waals surface area (Å²) in [5.41, 5.74) is 0.0463. The lowest BCUT2D eigenvalue weighted by molar-refractivity contribution is 0.0690. The van der Waals surface area contributed by atoms with Crippen molar-refractivity contribution >= 4 is 5.97 Å². The van der Waals surface area contributed by atoms with Crippen molar-refractivity contribution in [2.75, 3.05) is 7.11 Å². The fourth-order valence-corrected chi connectivity index (χ4v) is 1.94. The number of aromatic nitrogens is 3. The van der Waals surface area contributed by atoms with Crippen LogP contribution < -0.4 is 9.47 Å². The zero-order valence-corrected chi connectivity index (χ0v) is 12.1. The Balaban J connectivity index is 2.27. The van der Waals surface area contributed by atoms with Crippen LogP contribution in [0.3, 0.4) is 0 Å². The lowest BCUT2D eigenvalue weighted by Crippen LogP contribution is -2.12. The predicted octanol–water partition coefficient (Wildman–Crippen LogP) is 2.14. The van der Waals surface area contributed by atoms with Crippen LogP contribution in [-0.2, 0) is 6.61 Å². The van der Waals surface area contributed by atoms with E-state index in [9.17, 15) is 9.90 Å². The first-order valence-electron chi connectivity index (χ1n) is 6.46. The second-order valence-corrected chi connectivity index (χ2v) is 4.65. The number of carboxylic acids is 1. The number of carbonyl (C=O) groups is 1. The molecule has 7 nitrogen and oxygen atoms in total. The first kappa shape index (κ1) is 14.8. The molecular formula is C14H17N3O4. The molecule has 1 heterocycles. The Morgan fingerprint density at radius 2 is 2.19 bits per heavy atom. The molecule has 2 aromatic rings. The molecule has 7 heteroatoms. The number of nitrogens with zero attached hydrogens (tertiary/aromatic N) is 3. The second-order valence-electron chi connectivity index (χ2n) is 4.65. The van der Waals surface area contributed by atoms with Gasteiger partial charge in [0.2, 0.25) is 0 Å². The van der Waals surface area contributed by atoms with Gasteiger partial charge >= 0.3 is 5.97 Å². The van der Waals surface area contributed by atoms with Crippen molar-refractivity contribution in [3.63, 3.8) is 0 Å². The molecule has 0 aliphatic heterocycles. The lowest BCUT2D eigenvalue weighted by atomic mass is 10.2. The fourth-order valence-electron chi connectivity index (χ4n) is 1.94. The Kier molecular flexibility index (Phi) is 4.42. The zero-order valence-electron chi connectivity index (χ0n) is 12.1. The molecule has 0 fully saturated rings. The Morgan fingerprint density at radius 1 is 1.43 bits per heavy atom. The monoisotopic (exact) mass is 291 g/mol. The highest BCUT2D eigenvalue weighted by molar-refractivity contribution is 5.92. The number of methoxy groups -OCH3 is 1. The molecule has 1 aromatic carbocycles. The highest BCUT2D eigenvalue weighted by Gasteiger charge is 2.17. The Morgan fingerprint density at radius 3 is 2.81 bits per heavy atom. The summed E-state index contributed by atoms with van der Waals surface area (Å²) in [4.78, 5) is 15.4. The summed E-state index contributed by atoms with van der Waals surface area (Å²) in [7, 11) is 1.46. The van der Waals surface area contributed by atoms with Crippen molar-refractivity contribution in [3.8, 4) is 11.5 Å². The van der Waals surface area contributed by atoms with Gasteiger partial charge < -0.3 is 14.6 Å². The average molecular weight is 291 g/mol. The summed E-state index contributed by atoms with van der Waals surface area (Å²) in [6, 6.07) is 4.86. The molecule has 0 bridgehead atoms. The van der Waals surface area contributed by atoms with Crippen molar-refractivity contribution in [1.82, 2.24) is 14.8 Å². The van der Waals surface area contributed by atoms with Gasteiger partial charge in [0.25, 0.3) is 0 Å². The quantitative estimate of drug-likeness (QED) is 0.877. The van der Waals surface area contributed by atoms with E-state index in [0.29, 0.717) is 11.6 Å². The molecule has 2 rings (SSSR count). The van der Waals surface area contributed by atoms with E-state index in [1.807, 2.05) is 13.8 Å². The topological polar surface area (TPSA) is 86.5 Å². The number of rotatable bonds is 6. The molecule has 0 saturated heterocycles. The summed E-state index contributed by atoms with van der Waals surface area (Å²) in [6.07, 6.45) is 1.44. The van der Waals surface area contributed by atoms with Crippen molar-refractivity contribution < 1.29 is 19.4 Å². The van der Waals surface area contributed by atoms with Crippen molar-refractivity contribution in [1.29, 1.82) is 0 Å². The summed E-state index contributed by atoms with van der Waals surface area (Å²) in [6.45, 7) is 4.06. The van der Waals surface area contributed by atoms with Crippen LogP contribution in [0.1, 0.15) is 36.1 Å². The van der Waals surface area contributed by atoms with E-state index in [2.05, 4.69) is 10.1 Å². The van der Waals surface area contributed by atoms with E-state index in [4.69, 9.17) is 9.47 Å². The molecule has 0 unspecified atom stereocenters. The van der Waals surface area contributed by atoms with Crippen LogP contribution in [0.15, 0.2) is 24.5 Å². The molecule has 0 aliphatic carbocycles. The number of hydrogen-bond acceptors (Lipinski definition) is 5. The molecule has 0 amide bonds. The van der Waals surface area contributed by atoms with Gasteiger partial charge in [0.05, 0.1) is 7.11 Å². The SMILES string of the molecule is COc1cccc(C(=O)O)c1OCc1ncnn1C(C)C. The third kappa shape index (κ3) is 3.13. The fraction of sp³-hybridized carbons (Fsp3) is 0.357. The number of ether oxygens (including phenoxy) is 2. The van der Waals surface area contributed by atoms with Crippen LogP contribution in [0.4, 0.5) is 0 Å². The summed E-state index contributed by atoms with van der Waals surface area (Å²) >= 11 is 0. The number of aromatic carboxylic acids is 1. The minimum Gasteiger partial charge on any atom is -0.493 e. The molecule has 112 valence electrons. The summed E-state index contributed by atoms with van der Waals surface area (Å²) in [5, 5.41) is 13.3. The van der Waals surface area contributed by atoms with E-state index in [1.165, 1.54) is 19.5 Å². The second kappa shape index (κ2) is 6.25. The van der Waals surface area contributed by atoms with Gasteiger partial charge in [-0.3, -0.25) is 0 Å². The first-order valence-corrected chi connectivity index (χ1v) is 6.46. The highest BCUT2D eigenvalue weighted by Crippen LogP contribution is 2.31. The van der Waals surface area contributed by atoms with Crippen LogP contribution >= 0.6 is 0 Å². The number of carboxylic acid groups (broad SMARTS) is 1. The molecule has 0 atom stereocenters. The number of hydrogen-bond donors (Lipinski definition) is 1. The van der Waals surface area contributed by atoms with Crippen LogP contribution in [0, 0.1) is 0 Å². The van der Waals surface area contributed by atoms with Gasteiger partial charge in [0.15, 0.2) is 17.3 Å². The lowest BCUT2D eigenvalue weighted by Gasteiger charge is -2.14. The Hall–Kier alpha value is -2.57. The molecular weight excluding hydrogens is 274 g/mol. The van der Waals surface area contributed by atoms with Gasteiger partial charge in [0.1, 0.15) is 18.5 Å². The Labute approximate surface area is 122 Å². The standard InChI is InChI=1S/C14H17N3O4/c1-9(2)17-12(15-8-16-17)7-21-13-10(14(18)19)5-4-6-11(13)20-3/h4-6,8-9H,7H2,1-3H3,(H,18,19). The molecule has 0 saturated carbocycles. The number of para-hydroxylation sites is 1. The molecule has 1 aromatic heterocycles. The third-order valence-electron chi connectivity index (χ3n) is 2.91. The maximum Gasteiger partial charge on any atom is 0.339 e. The van der Waals surface area contributed by atoms with Crippen molar-refractivity contribution in [2.24, 2.45) is 0 Å². The third-order valence-corrected chi connectivity index (χ3v) is 2.91. The van der Waals surface area contributed by atoms with Gasteiger partial charge in [0, 0.05) is 6.04 Å². The van der Waals surface area contributed by atoms with Crippen molar-refractivity contribution in [3.05, 3.63) is 35.9 Å². The predicted molar refractivity (Wildman–Crippen MR) is 74.7 cm³/mol. The summed E-state index contributed by atoms with van der Waals surface area (Å²) < 4.78 is 12.5. The Bertz CT molecular complexity index is 637. The first-order chi connectivity index (χ1) is 10.0. The maximum atomic E-state index is 11.3. The molecule has 0 radical (unpaired) electrons. The summed E-state index contributed by atoms with van der Waals surface area (Å²) in [5.74, 6) is 0.0952. The van der Waals surface area contributed by atoms with Gasteiger partial charge in [-0.1, -0.05) is 6.07 Å². The minimum atomic E-state index is -1.07. The van der Waals surface area contributed by atoms with Gasteiger partial charge in [-0.05, 0) is 26.0 Å². The molecule has 21 heavy (non-hydrogen) atoms. The van der Waals surface area contributed by atoms with E-state index in [-0.39, 0.29) is 24.0 Å². The van der Waals surface area contributed by atoms with E-state index < -0.39 is 5.97 Å². The number of benzene rings is 1. The van der Waals surface area contributed by atoms with Gasteiger partial charge in [-0.25, -0.2) is 14.5 Å². The van der Waals surface area contributed by atoms with Crippen LogP contribution in [0.5, 0.6) is 11.5 Å². The van der Waals surface area contributed by atoms with Crippen molar-refractivity contribution in [2.45, 2.75) is 26.5 Å². The highest BCUT2D eigenvalue weighted by atomic mass is 16.5. The minimum absolute atomic E-state index is 0.0463. The molecule has 0 spiro atoms. The van der Waals surface area contributed by atoms with E-state index in [0.717, 1.165) is 0 Å². The van der Waals surface area contributed by atoms with Crippen LogP contribution in [0.2, 0.25) is 0 Å². The molecule has 1 N–H and O–H groups in total. The van der Waals surface area contributed by atoms with E-state index >= 15 is 0 Å². The smallest absolute Gasteiger partial charge is 0.339 e. The van der Waals surface area contributed by atoms with Crippen LogP contribution in [-0.4, -0.2) is 33.0 Å². The van der Waals surface area contributed by atoms with Gasteiger partial charge in [-0.2, -0.15) is 5.10 Å². The average Bonchev–Trinajstić information content (AvgIpc) is 2.93. The zero-order chi connectivity index (χ0) is 15.4.